The molecule has 1 fully saturated rings. The Morgan fingerprint density at radius 1 is 1.46 bits per heavy atom. The van der Waals surface area contributed by atoms with Crippen LogP contribution in [0.25, 0.3) is 0 Å². The maximum absolute atomic E-state index is 12.8. The lowest BCUT2D eigenvalue weighted by atomic mass is 9.91. The summed E-state index contributed by atoms with van der Waals surface area (Å²) in [6.45, 7) is 0. The number of nitrogens with zero attached hydrogens (tertiary/aromatic N) is 2. The van der Waals surface area contributed by atoms with Gasteiger partial charge in [-0.2, -0.15) is 0 Å². The first-order chi connectivity index (χ1) is 6.27. The molecule has 70 valence electrons. The fourth-order valence-corrected chi connectivity index (χ4v) is 1.58. The first kappa shape index (κ1) is 8.48. The van der Waals surface area contributed by atoms with Gasteiger partial charge in [-0.15, -0.1) is 0 Å². The van der Waals surface area contributed by atoms with Gasteiger partial charge < -0.3 is 4.90 Å². The second-order valence-electron chi connectivity index (χ2n) is 3.56. The van der Waals surface area contributed by atoms with Crippen LogP contribution in [0.2, 0.25) is 0 Å². The molecule has 1 heterocycles. The molecular formula is C10H13FN2. The van der Waals surface area contributed by atoms with Gasteiger partial charge in [0.25, 0.3) is 0 Å². The van der Waals surface area contributed by atoms with Gasteiger partial charge in [-0.3, -0.25) is 4.98 Å². The molecule has 0 N–H and O–H groups in total. The lowest BCUT2D eigenvalue weighted by molar-refractivity contribution is 0.400. The van der Waals surface area contributed by atoms with Crippen molar-refractivity contribution < 1.29 is 4.39 Å². The zero-order valence-electron chi connectivity index (χ0n) is 7.70. The van der Waals surface area contributed by atoms with Gasteiger partial charge in [0.1, 0.15) is 5.82 Å². The van der Waals surface area contributed by atoms with Crippen molar-refractivity contribution >= 4 is 5.69 Å². The molecule has 2 rings (SSSR count). The highest BCUT2D eigenvalue weighted by atomic mass is 19.1. The molecule has 0 atom stereocenters. The third-order valence-electron chi connectivity index (χ3n) is 2.72. The normalized spacial score (nSPS) is 16.8. The van der Waals surface area contributed by atoms with Gasteiger partial charge in [0, 0.05) is 19.2 Å². The largest absolute Gasteiger partial charge is 0.370 e. The van der Waals surface area contributed by atoms with Crippen molar-refractivity contribution in [3.05, 3.63) is 24.3 Å². The van der Waals surface area contributed by atoms with Crippen molar-refractivity contribution in [3.8, 4) is 0 Å². The molecule has 0 aliphatic heterocycles. The van der Waals surface area contributed by atoms with Crippen LogP contribution in [0.15, 0.2) is 18.5 Å². The summed E-state index contributed by atoms with van der Waals surface area (Å²) in [6.07, 6.45) is 6.66. The Labute approximate surface area is 77.4 Å². The lowest BCUT2D eigenvalue weighted by Gasteiger charge is -2.36. The summed E-state index contributed by atoms with van der Waals surface area (Å²) in [5, 5.41) is 0. The molecule has 1 aromatic heterocycles. The van der Waals surface area contributed by atoms with E-state index in [4.69, 9.17) is 0 Å². The van der Waals surface area contributed by atoms with Gasteiger partial charge in [0.05, 0.1) is 18.1 Å². The van der Waals surface area contributed by atoms with E-state index in [0.29, 0.717) is 6.04 Å². The fraction of sp³-hybridized carbons (Fsp3) is 0.500. The fourth-order valence-electron chi connectivity index (χ4n) is 1.58. The van der Waals surface area contributed by atoms with E-state index in [-0.39, 0.29) is 5.82 Å². The molecule has 1 saturated carbocycles. The van der Waals surface area contributed by atoms with E-state index in [9.17, 15) is 4.39 Å². The van der Waals surface area contributed by atoms with Gasteiger partial charge in [0.2, 0.25) is 0 Å². The van der Waals surface area contributed by atoms with Crippen molar-refractivity contribution in [1.29, 1.82) is 0 Å². The Kier molecular flexibility index (Phi) is 2.17. The first-order valence-corrected chi connectivity index (χ1v) is 4.61. The van der Waals surface area contributed by atoms with Gasteiger partial charge in [0.15, 0.2) is 0 Å². The smallest absolute Gasteiger partial charge is 0.143 e. The third kappa shape index (κ3) is 1.64. The minimum absolute atomic E-state index is 0.260. The average molecular weight is 180 g/mol. The molecule has 1 aliphatic carbocycles. The van der Waals surface area contributed by atoms with Crippen LogP contribution in [-0.4, -0.2) is 18.1 Å². The van der Waals surface area contributed by atoms with Crippen LogP contribution in [0, 0.1) is 5.82 Å². The maximum Gasteiger partial charge on any atom is 0.143 e. The highest BCUT2D eigenvalue weighted by molar-refractivity contribution is 5.44. The van der Waals surface area contributed by atoms with Gasteiger partial charge in [-0.05, 0) is 19.3 Å². The molecule has 1 aliphatic rings. The summed E-state index contributed by atoms with van der Waals surface area (Å²) in [7, 11) is 2.00. The molecule has 1 aromatic rings. The number of aromatic nitrogens is 1. The van der Waals surface area contributed by atoms with E-state index in [2.05, 4.69) is 9.88 Å². The first-order valence-electron chi connectivity index (χ1n) is 4.61. The summed E-state index contributed by atoms with van der Waals surface area (Å²) >= 11 is 0. The topological polar surface area (TPSA) is 16.1 Å². The Bertz CT molecular complexity index is 297. The number of hydrogen-bond acceptors (Lipinski definition) is 2. The highest BCUT2D eigenvalue weighted by Gasteiger charge is 2.22. The van der Waals surface area contributed by atoms with Crippen LogP contribution in [-0.2, 0) is 0 Å². The molecule has 13 heavy (non-hydrogen) atoms. The van der Waals surface area contributed by atoms with E-state index in [1.807, 2.05) is 7.05 Å². The molecule has 0 radical (unpaired) electrons. The van der Waals surface area contributed by atoms with E-state index < -0.39 is 0 Å². The Hall–Kier alpha value is -1.12. The Morgan fingerprint density at radius 2 is 2.23 bits per heavy atom. The van der Waals surface area contributed by atoms with Crippen LogP contribution in [0.5, 0.6) is 0 Å². The molecule has 2 nitrogen and oxygen atoms in total. The second kappa shape index (κ2) is 3.32. The van der Waals surface area contributed by atoms with Gasteiger partial charge in [-0.25, -0.2) is 4.39 Å². The van der Waals surface area contributed by atoms with Crippen molar-refractivity contribution in [1.82, 2.24) is 4.98 Å². The minimum atomic E-state index is -0.260. The van der Waals surface area contributed by atoms with E-state index in [0.717, 1.165) is 5.69 Å². The molecule has 0 spiro atoms. The van der Waals surface area contributed by atoms with E-state index >= 15 is 0 Å². The SMILES string of the molecule is CN(c1cncc(F)c1)C1CCC1. The van der Waals surface area contributed by atoms with Crippen LogP contribution < -0.4 is 4.90 Å². The summed E-state index contributed by atoms with van der Waals surface area (Å²) in [5.41, 5.74) is 0.879. The summed E-state index contributed by atoms with van der Waals surface area (Å²) in [4.78, 5) is 5.94. The standard InChI is InChI=1S/C10H13FN2/c1-13(9-3-2-4-9)10-5-8(11)6-12-7-10/h5-7,9H,2-4H2,1H3. The molecule has 3 heteroatoms. The highest BCUT2D eigenvalue weighted by Crippen LogP contribution is 2.27. The zero-order valence-corrected chi connectivity index (χ0v) is 7.70. The van der Waals surface area contributed by atoms with Crippen LogP contribution in [0.1, 0.15) is 19.3 Å². The predicted molar refractivity (Wildman–Crippen MR) is 50.2 cm³/mol. The number of anilines is 1. The molecule has 0 bridgehead atoms. The van der Waals surface area contributed by atoms with Crippen molar-refractivity contribution in [3.63, 3.8) is 0 Å². The molecule has 0 aromatic carbocycles. The van der Waals surface area contributed by atoms with Crippen LogP contribution in [0.3, 0.4) is 0 Å². The number of rotatable bonds is 2. The monoisotopic (exact) mass is 180 g/mol. The molecule has 0 saturated heterocycles. The number of hydrogen-bond donors (Lipinski definition) is 0. The lowest BCUT2D eigenvalue weighted by Crippen LogP contribution is -2.37. The van der Waals surface area contributed by atoms with E-state index in [1.165, 1.54) is 31.5 Å². The average Bonchev–Trinajstić information content (AvgIpc) is 2.01. The molecule has 0 amide bonds. The van der Waals surface area contributed by atoms with Crippen molar-refractivity contribution in [2.75, 3.05) is 11.9 Å². The molecular weight excluding hydrogens is 167 g/mol. The quantitative estimate of drug-likeness (QED) is 0.693. The van der Waals surface area contributed by atoms with Crippen molar-refractivity contribution in [2.24, 2.45) is 0 Å². The Morgan fingerprint density at radius 3 is 2.77 bits per heavy atom. The third-order valence-corrected chi connectivity index (χ3v) is 2.72. The molecule has 0 unspecified atom stereocenters. The number of halogens is 1. The zero-order chi connectivity index (χ0) is 9.26. The van der Waals surface area contributed by atoms with Gasteiger partial charge >= 0.3 is 0 Å². The van der Waals surface area contributed by atoms with Crippen molar-refractivity contribution in [2.45, 2.75) is 25.3 Å². The van der Waals surface area contributed by atoms with Crippen LogP contribution >= 0.6 is 0 Å². The van der Waals surface area contributed by atoms with E-state index in [1.54, 1.807) is 6.20 Å². The summed E-state index contributed by atoms with van der Waals surface area (Å²) in [6, 6.07) is 2.12. The predicted octanol–water partition coefficient (Wildman–Crippen LogP) is 2.21. The summed E-state index contributed by atoms with van der Waals surface area (Å²) < 4.78 is 12.8. The van der Waals surface area contributed by atoms with Crippen LogP contribution in [0.4, 0.5) is 10.1 Å². The minimum Gasteiger partial charge on any atom is -0.370 e. The number of pyridine rings is 1. The Balaban J connectivity index is 2.14. The second-order valence-corrected chi connectivity index (χ2v) is 3.56. The van der Waals surface area contributed by atoms with Gasteiger partial charge in [-0.1, -0.05) is 0 Å². The summed E-state index contributed by atoms with van der Waals surface area (Å²) in [5.74, 6) is -0.260. The maximum atomic E-state index is 12.8.